The van der Waals surface area contributed by atoms with Gasteiger partial charge >= 0.3 is 0 Å². The minimum absolute atomic E-state index is 0.0966. The summed E-state index contributed by atoms with van der Waals surface area (Å²) in [5.41, 5.74) is 2.17. The van der Waals surface area contributed by atoms with Crippen molar-refractivity contribution < 1.29 is 13.2 Å². The molecular formula is C20H24ClN3O3S. The highest BCUT2D eigenvalue weighted by Crippen LogP contribution is 2.25. The van der Waals surface area contributed by atoms with Crippen LogP contribution in [0.5, 0.6) is 0 Å². The lowest BCUT2D eigenvalue weighted by atomic mass is 10.1. The summed E-state index contributed by atoms with van der Waals surface area (Å²) in [7, 11) is 0.319. The van der Waals surface area contributed by atoms with Gasteiger partial charge in [-0.15, -0.1) is 0 Å². The Bertz CT molecular complexity index is 953. The van der Waals surface area contributed by atoms with Crippen LogP contribution in [-0.4, -0.2) is 45.8 Å². The monoisotopic (exact) mass is 421 g/mol. The number of nitrogens with one attached hydrogen (secondary N) is 1. The van der Waals surface area contributed by atoms with Gasteiger partial charge in [-0.3, -0.25) is 4.79 Å². The van der Waals surface area contributed by atoms with Crippen LogP contribution in [0.25, 0.3) is 0 Å². The molecule has 1 aliphatic heterocycles. The molecule has 1 N–H and O–H groups in total. The number of carbonyl (C=O) groups excluding carboxylic acids is 1. The molecule has 2 aromatic rings. The first kappa shape index (κ1) is 20.6. The van der Waals surface area contributed by atoms with E-state index in [-0.39, 0.29) is 15.5 Å². The molecule has 2 aromatic carbocycles. The molecule has 0 radical (unpaired) electrons. The van der Waals surface area contributed by atoms with Gasteiger partial charge in [-0.1, -0.05) is 23.7 Å². The second kappa shape index (κ2) is 8.51. The minimum Gasteiger partial charge on any atom is -0.378 e. The second-order valence-electron chi connectivity index (χ2n) is 7.00. The number of nitrogens with zero attached hydrogens (tertiary/aromatic N) is 2. The number of halogens is 1. The maximum absolute atomic E-state index is 12.7. The van der Waals surface area contributed by atoms with Crippen molar-refractivity contribution in [2.24, 2.45) is 0 Å². The fraction of sp³-hybridized carbons (Fsp3) is 0.350. The van der Waals surface area contributed by atoms with E-state index in [1.165, 1.54) is 22.5 Å². The molecular weight excluding hydrogens is 398 g/mol. The number of rotatable bonds is 6. The fourth-order valence-corrected chi connectivity index (χ4v) is 4.85. The third-order valence-electron chi connectivity index (χ3n) is 4.79. The van der Waals surface area contributed by atoms with Gasteiger partial charge < -0.3 is 10.2 Å². The largest absolute Gasteiger partial charge is 0.378 e. The third-order valence-corrected chi connectivity index (χ3v) is 7.02. The predicted molar refractivity (Wildman–Crippen MR) is 111 cm³/mol. The Balaban J connectivity index is 1.74. The molecule has 0 bridgehead atoms. The molecule has 6 nitrogen and oxygen atoms in total. The number of amides is 1. The lowest BCUT2D eigenvalue weighted by molar-refractivity contribution is 0.0951. The highest BCUT2D eigenvalue weighted by Gasteiger charge is 2.28. The maximum atomic E-state index is 12.7. The zero-order chi connectivity index (χ0) is 20.3. The SMILES string of the molecule is CN(C)c1ccc(CNC(=O)c2cc(S(=O)(=O)N3CCCC3)ccc2Cl)cc1. The molecule has 8 heteroatoms. The number of anilines is 1. The highest BCUT2D eigenvalue weighted by atomic mass is 35.5. The number of hydrogen-bond donors (Lipinski definition) is 1. The molecule has 1 heterocycles. The Labute approximate surface area is 171 Å². The lowest BCUT2D eigenvalue weighted by Crippen LogP contribution is -2.28. The Morgan fingerprint density at radius 2 is 1.75 bits per heavy atom. The summed E-state index contributed by atoms with van der Waals surface area (Å²) >= 11 is 6.16. The van der Waals surface area contributed by atoms with Crippen LogP contribution < -0.4 is 10.2 Å². The smallest absolute Gasteiger partial charge is 0.253 e. The first-order chi connectivity index (χ1) is 13.3. The van der Waals surface area contributed by atoms with Crippen molar-refractivity contribution >= 4 is 33.2 Å². The van der Waals surface area contributed by atoms with Crippen molar-refractivity contribution in [2.75, 3.05) is 32.1 Å². The van der Waals surface area contributed by atoms with E-state index in [2.05, 4.69) is 5.32 Å². The van der Waals surface area contributed by atoms with Gasteiger partial charge in [0.25, 0.3) is 5.91 Å². The Kier molecular flexibility index (Phi) is 6.27. The standard InChI is InChI=1S/C20H24ClN3O3S/c1-23(2)16-7-5-15(6-8-16)14-22-20(25)18-13-17(9-10-19(18)21)28(26,27)24-11-3-4-12-24/h5-10,13H,3-4,11-12,14H2,1-2H3,(H,22,25). The summed E-state index contributed by atoms with van der Waals surface area (Å²) in [6, 6.07) is 12.1. The Hall–Kier alpha value is -2.09. The van der Waals surface area contributed by atoms with E-state index in [9.17, 15) is 13.2 Å². The molecule has 1 aliphatic rings. The van der Waals surface area contributed by atoms with Gasteiger partial charge in [0.2, 0.25) is 10.0 Å². The molecule has 0 aromatic heterocycles. The van der Waals surface area contributed by atoms with Crippen LogP contribution in [0.1, 0.15) is 28.8 Å². The topological polar surface area (TPSA) is 69.7 Å². The summed E-state index contributed by atoms with van der Waals surface area (Å²) in [5, 5.41) is 3.03. The average molecular weight is 422 g/mol. The molecule has 0 aliphatic carbocycles. The number of sulfonamides is 1. The minimum atomic E-state index is -3.60. The number of benzene rings is 2. The molecule has 1 amide bonds. The van der Waals surface area contributed by atoms with Crippen LogP contribution in [0.15, 0.2) is 47.4 Å². The van der Waals surface area contributed by atoms with Crippen molar-refractivity contribution in [3.8, 4) is 0 Å². The normalized spacial score (nSPS) is 14.8. The zero-order valence-corrected chi connectivity index (χ0v) is 17.6. The number of carbonyl (C=O) groups is 1. The van der Waals surface area contributed by atoms with Crippen LogP contribution in [0.2, 0.25) is 5.02 Å². The van der Waals surface area contributed by atoms with Gasteiger partial charge in [0.05, 0.1) is 15.5 Å². The fourth-order valence-electron chi connectivity index (χ4n) is 3.11. The zero-order valence-electron chi connectivity index (χ0n) is 16.0. The van der Waals surface area contributed by atoms with E-state index in [4.69, 9.17) is 11.6 Å². The van der Waals surface area contributed by atoms with Gasteiger partial charge in [0.15, 0.2) is 0 Å². The molecule has 0 saturated carbocycles. The summed E-state index contributed by atoms with van der Waals surface area (Å²) in [6.07, 6.45) is 1.71. The van der Waals surface area contributed by atoms with E-state index in [0.717, 1.165) is 24.1 Å². The summed E-state index contributed by atoms with van der Waals surface area (Å²) < 4.78 is 26.9. The number of hydrogen-bond acceptors (Lipinski definition) is 4. The predicted octanol–water partition coefficient (Wildman–Crippen LogP) is 3.12. The van der Waals surface area contributed by atoms with E-state index in [0.29, 0.717) is 19.6 Å². The maximum Gasteiger partial charge on any atom is 0.253 e. The molecule has 0 unspecified atom stereocenters. The highest BCUT2D eigenvalue weighted by molar-refractivity contribution is 7.89. The summed E-state index contributed by atoms with van der Waals surface area (Å²) in [4.78, 5) is 14.7. The molecule has 28 heavy (non-hydrogen) atoms. The second-order valence-corrected chi connectivity index (χ2v) is 9.34. The molecule has 1 saturated heterocycles. The van der Waals surface area contributed by atoms with Crippen molar-refractivity contribution in [1.29, 1.82) is 0 Å². The molecule has 1 fully saturated rings. The van der Waals surface area contributed by atoms with E-state index in [1.807, 2.05) is 43.3 Å². The van der Waals surface area contributed by atoms with Crippen LogP contribution in [0, 0.1) is 0 Å². The van der Waals surface area contributed by atoms with Crippen LogP contribution in [0.4, 0.5) is 5.69 Å². The Morgan fingerprint density at radius 3 is 2.36 bits per heavy atom. The quantitative estimate of drug-likeness (QED) is 0.778. The molecule has 0 spiro atoms. The van der Waals surface area contributed by atoms with Gasteiger partial charge in [-0.2, -0.15) is 4.31 Å². The molecule has 3 rings (SSSR count). The van der Waals surface area contributed by atoms with E-state index < -0.39 is 15.9 Å². The summed E-state index contributed by atoms with van der Waals surface area (Å²) in [6.45, 7) is 1.34. The lowest BCUT2D eigenvalue weighted by Gasteiger charge is -2.16. The van der Waals surface area contributed by atoms with Crippen molar-refractivity contribution in [1.82, 2.24) is 9.62 Å². The third kappa shape index (κ3) is 4.48. The van der Waals surface area contributed by atoms with Crippen molar-refractivity contribution in [2.45, 2.75) is 24.3 Å². The van der Waals surface area contributed by atoms with Gasteiger partial charge in [-0.05, 0) is 48.7 Å². The first-order valence-corrected chi connectivity index (χ1v) is 10.9. The summed E-state index contributed by atoms with van der Waals surface area (Å²) in [5.74, 6) is -0.403. The average Bonchev–Trinajstić information content (AvgIpc) is 3.22. The Morgan fingerprint density at radius 1 is 1.11 bits per heavy atom. The molecule has 150 valence electrons. The van der Waals surface area contributed by atoms with Gasteiger partial charge in [0.1, 0.15) is 0 Å². The van der Waals surface area contributed by atoms with E-state index >= 15 is 0 Å². The molecule has 0 atom stereocenters. The van der Waals surface area contributed by atoms with Gasteiger partial charge in [-0.25, -0.2) is 8.42 Å². The van der Waals surface area contributed by atoms with Crippen LogP contribution >= 0.6 is 11.6 Å². The van der Waals surface area contributed by atoms with Crippen LogP contribution in [-0.2, 0) is 16.6 Å². The van der Waals surface area contributed by atoms with Gasteiger partial charge in [0, 0.05) is 39.4 Å². The van der Waals surface area contributed by atoms with Crippen molar-refractivity contribution in [3.63, 3.8) is 0 Å². The van der Waals surface area contributed by atoms with E-state index in [1.54, 1.807) is 0 Å². The van der Waals surface area contributed by atoms with Crippen molar-refractivity contribution in [3.05, 3.63) is 58.6 Å². The first-order valence-electron chi connectivity index (χ1n) is 9.13. The van der Waals surface area contributed by atoms with Crippen LogP contribution in [0.3, 0.4) is 0 Å².